The third-order valence-electron chi connectivity index (χ3n) is 5.19. The van der Waals surface area contributed by atoms with Gasteiger partial charge < -0.3 is 19.9 Å². The van der Waals surface area contributed by atoms with Gasteiger partial charge in [-0.25, -0.2) is 0 Å². The van der Waals surface area contributed by atoms with Crippen LogP contribution in [0.1, 0.15) is 72.1 Å². The van der Waals surface area contributed by atoms with E-state index in [1.165, 1.54) is 19.3 Å². The summed E-state index contributed by atoms with van der Waals surface area (Å²) < 4.78 is 11.7. The number of nitrogens with one attached hydrogen (secondary N) is 1. The molecule has 2 N–H and O–H groups in total. The highest BCUT2D eigenvalue weighted by Crippen LogP contribution is 2.36. The van der Waals surface area contributed by atoms with Crippen molar-refractivity contribution < 1.29 is 19.4 Å². The van der Waals surface area contributed by atoms with Gasteiger partial charge in [0.15, 0.2) is 5.76 Å². The zero-order valence-electron chi connectivity index (χ0n) is 16.1. The Morgan fingerprint density at radius 3 is 2.64 bits per heavy atom. The molecular weight excluding hydrogens is 318 g/mol. The van der Waals surface area contributed by atoms with Crippen LogP contribution in [0, 0.1) is 11.3 Å². The quantitative estimate of drug-likeness (QED) is 0.687. The zero-order chi connectivity index (χ0) is 18.3. The first-order chi connectivity index (χ1) is 11.9. The van der Waals surface area contributed by atoms with Crippen molar-refractivity contribution in [2.45, 2.75) is 84.5 Å². The van der Waals surface area contributed by atoms with Crippen molar-refractivity contribution in [1.29, 1.82) is 0 Å². The second-order valence-electron chi connectivity index (χ2n) is 8.40. The highest BCUT2D eigenvalue weighted by Gasteiger charge is 2.34. The first-order valence-corrected chi connectivity index (χ1v) is 9.82. The third-order valence-corrected chi connectivity index (χ3v) is 5.19. The maximum absolute atomic E-state index is 12.7. The summed E-state index contributed by atoms with van der Waals surface area (Å²) in [6.45, 7) is 7.25. The smallest absolute Gasteiger partial charge is 0.286 e. The molecule has 2 atom stereocenters. The fourth-order valence-corrected chi connectivity index (χ4v) is 3.45. The topological polar surface area (TPSA) is 67.8 Å². The second kappa shape index (κ2) is 9.58. The van der Waals surface area contributed by atoms with Gasteiger partial charge in [0.2, 0.25) is 6.29 Å². The average molecular weight is 354 g/mol. The predicted octanol–water partition coefficient (Wildman–Crippen LogP) is 3.52. The first kappa shape index (κ1) is 20.2. The maximum Gasteiger partial charge on any atom is 0.286 e. The highest BCUT2D eigenvalue weighted by molar-refractivity contribution is 5.91. The van der Waals surface area contributed by atoms with E-state index in [0.29, 0.717) is 12.4 Å². The van der Waals surface area contributed by atoms with Crippen LogP contribution in [-0.4, -0.2) is 36.6 Å². The first-order valence-electron chi connectivity index (χ1n) is 9.82. The van der Waals surface area contributed by atoms with Gasteiger partial charge in [-0.2, -0.15) is 0 Å². The van der Waals surface area contributed by atoms with Crippen molar-refractivity contribution in [3.05, 3.63) is 11.8 Å². The summed E-state index contributed by atoms with van der Waals surface area (Å²) >= 11 is 0. The number of hydrogen-bond donors (Lipinski definition) is 2. The van der Waals surface area contributed by atoms with Gasteiger partial charge in [-0.15, -0.1) is 0 Å². The average Bonchev–Trinajstić information content (AvgIpc) is 2.58. The molecule has 0 unspecified atom stereocenters. The van der Waals surface area contributed by atoms with Gasteiger partial charge in [0.1, 0.15) is 0 Å². The Kier molecular flexibility index (Phi) is 7.76. The molecule has 1 fully saturated rings. The Morgan fingerprint density at radius 2 is 2.00 bits per heavy atom. The summed E-state index contributed by atoms with van der Waals surface area (Å²) in [4.78, 5) is 12.7. The van der Waals surface area contributed by atoms with E-state index in [4.69, 9.17) is 14.6 Å². The van der Waals surface area contributed by atoms with Crippen LogP contribution in [-0.2, 0) is 14.3 Å². The number of rotatable bonds is 7. The molecule has 144 valence electrons. The second-order valence-corrected chi connectivity index (χ2v) is 8.40. The van der Waals surface area contributed by atoms with Gasteiger partial charge in [0.05, 0.1) is 6.61 Å². The number of unbranched alkanes of at least 4 members (excludes halogenated alkanes) is 1. The van der Waals surface area contributed by atoms with Gasteiger partial charge in [-0.3, -0.25) is 4.79 Å². The van der Waals surface area contributed by atoms with E-state index in [9.17, 15) is 4.79 Å². The number of carbonyl (C=O) groups is 1. The minimum Gasteiger partial charge on any atom is -0.459 e. The standard InChI is InChI=1S/C20H35NO4/c1-20(2,3)15-13-17(19(23)21-16-9-5-4-6-10-16)25-18(14-15)24-12-8-7-11-22/h13,15-16,18,22H,4-12,14H2,1-3H3,(H,21,23)/t15-,18+/m0/s1. The lowest BCUT2D eigenvalue weighted by atomic mass is 9.77. The zero-order valence-corrected chi connectivity index (χ0v) is 16.1. The van der Waals surface area contributed by atoms with E-state index in [2.05, 4.69) is 26.1 Å². The van der Waals surface area contributed by atoms with Gasteiger partial charge in [0, 0.05) is 19.1 Å². The van der Waals surface area contributed by atoms with Crippen LogP contribution >= 0.6 is 0 Å². The van der Waals surface area contributed by atoms with Crippen molar-refractivity contribution in [2.24, 2.45) is 11.3 Å². The van der Waals surface area contributed by atoms with Crippen LogP contribution in [0.2, 0.25) is 0 Å². The largest absolute Gasteiger partial charge is 0.459 e. The molecule has 0 aromatic carbocycles. The molecule has 0 radical (unpaired) electrons. The van der Waals surface area contributed by atoms with Crippen LogP contribution in [0.15, 0.2) is 11.8 Å². The molecule has 0 spiro atoms. The molecule has 25 heavy (non-hydrogen) atoms. The Bertz CT molecular complexity index is 449. The number of allylic oxidation sites excluding steroid dienone is 1. The van der Waals surface area contributed by atoms with Gasteiger partial charge in [-0.05, 0) is 43.1 Å². The summed E-state index contributed by atoms with van der Waals surface area (Å²) in [5.74, 6) is 0.532. The lowest BCUT2D eigenvalue weighted by Crippen LogP contribution is -2.41. The molecule has 1 amide bonds. The third kappa shape index (κ3) is 6.63. The van der Waals surface area contributed by atoms with E-state index in [1.54, 1.807) is 0 Å². The molecule has 0 bridgehead atoms. The van der Waals surface area contributed by atoms with Gasteiger partial charge in [0.25, 0.3) is 5.91 Å². The Labute approximate surface area is 152 Å². The van der Waals surface area contributed by atoms with E-state index in [-0.39, 0.29) is 36.2 Å². The Balaban J connectivity index is 1.97. The van der Waals surface area contributed by atoms with Crippen LogP contribution in [0.3, 0.4) is 0 Å². The normalized spacial score (nSPS) is 25.2. The van der Waals surface area contributed by atoms with E-state index in [0.717, 1.165) is 32.1 Å². The van der Waals surface area contributed by atoms with Crippen molar-refractivity contribution in [3.63, 3.8) is 0 Å². The summed E-state index contributed by atoms with van der Waals surface area (Å²) in [6.07, 6.45) is 9.61. The molecule has 0 aromatic rings. The molecular formula is C20H35NO4. The molecule has 0 saturated heterocycles. The van der Waals surface area contributed by atoms with Crippen LogP contribution in [0.25, 0.3) is 0 Å². The number of ether oxygens (including phenoxy) is 2. The Morgan fingerprint density at radius 1 is 1.28 bits per heavy atom. The van der Waals surface area contributed by atoms with Crippen molar-refractivity contribution >= 4 is 5.91 Å². The molecule has 1 aliphatic heterocycles. The molecule has 1 saturated carbocycles. The number of aliphatic hydroxyl groups excluding tert-OH is 1. The lowest BCUT2D eigenvalue weighted by Gasteiger charge is -2.36. The summed E-state index contributed by atoms with van der Waals surface area (Å²) in [6, 6.07) is 0.268. The fourth-order valence-electron chi connectivity index (χ4n) is 3.45. The van der Waals surface area contributed by atoms with Crippen molar-refractivity contribution in [1.82, 2.24) is 5.32 Å². The van der Waals surface area contributed by atoms with Crippen LogP contribution in [0.4, 0.5) is 0 Å². The molecule has 1 aliphatic carbocycles. The van der Waals surface area contributed by atoms with Crippen LogP contribution in [0.5, 0.6) is 0 Å². The number of carbonyl (C=O) groups excluding carboxylic acids is 1. The molecule has 2 aliphatic rings. The number of hydrogen-bond acceptors (Lipinski definition) is 4. The van der Waals surface area contributed by atoms with E-state index >= 15 is 0 Å². The molecule has 2 rings (SSSR count). The molecule has 0 aromatic heterocycles. The maximum atomic E-state index is 12.7. The highest BCUT2D eigenvalue weighted by atomic mass is 16.7. The number of aliphatic hydroxyl groups is 1. The lowest BCUT2D eigenvalue weighted by molar-refractivity contribution is -0.153. The predicted molar refractivity (Wildman–Crippen MR) is 97.8 cm³/mol. The molecule has 1 heterocycles. The van der Waals surface area contributed by atoms with E-state index < -0.39 is 0 Å². The fraction of sp³-hybridized carbons (Fsp3) is 0.850. The number of amides is 1. The van der Waals surface area contributed by atoms with Crippen molar-refractivity contribution in [2.75, 3.05) is 13.2 Å². The van der Waals surface area contributed by atoms with Crippen molar-refractivity contribution in [3.8, 4) is 0 Å². The molecule has 5 nitrogen and oxygen atoms in total. The van der Waals surface area contributed by atoms with Gasteiger partial charge in [-0.1, -0.05) is 40.0 Å². The summed E-state index contributed by atoms with van der Waals surface area (Å²) in [5.41, 5.74) is 0.0485. The van der Waals surface area contributed by atoms with E-state index in [1.807, 2.05) is 6.08 Å². The minimum absolute atomic E-state index is 0.0485. The summed E-state index contributed by atoms with van der Waals surface area (Å²) in [7, 11) is 0. The molecule has 5 heteroatoms. The van der Waals surface area contributed by atoms with Crippen LogP contribution < -0.4 is 5.32 Å². The minimum atomic E-state index is -0.389. The SMILES string of the molecule is CC(C)(C)[C@H]1C=C(C(=O)NC2CCCCC2)O[C@@H](OCCCCO)C1. The summed E-state index contributed by atoms with van der Waals surface area (Å²) in [5, 5.41) is 12.0. The Hall–Kier alpha value is -1.07. The monoisotopic (exact) mass is 353 g/mol. The van der Waals surface area contributed by atoms with Gasteiger partial charge >= 0.3 is 0 Å².